The largest absolute Gasteiger partial charge is 0.389 e. The molecule has 1 fully saturated rings. The van der Waals surface area contributed by atoms with E-state index in [0.29, 0.717) is 13.2 Å². The Hall–Kier alpha value is -0.690. The van der Waals surface area contributed by atoms with Gasteiger partial charge in [-0.1, -0.05) is 0 Å². The van der Waals surface area contributed by atoms with E-state index < -0.39 is 6.10 Å². The summed E-state index contributed by atoms with van der Waals surface area (Å²) in [6, 6.07) is 4.05. The van der Waals surface area contributed by atoms with Gasteiger partial charge in [0.05, 0.1) is 18.8 Å². The normalized spacial score (nSPS) is 18.2. The number of halogens is 1. The molecule has 0 amide bonds. The van der Waals surface area contributed by atoms with E-state index in [-0.39, 0.29) is 6.10 Å². The molecule has 0 saturated carbocycles. The second-order valence-electron chi connectivity index (χ2n) is 5.66. The minimum atomic E-state index is -0.412. The van der Waals surface area contributed by atoms with Gasteiger partial charge in [-0.15, -0.1) is 0 Å². The maximum Gasteiger partial charge on any atom is 0.128 e. The summed E-state index contributed by atoms with van der Waals surface area (Å²) >= 11 is 3.40. The van der Waals surface area contributed by atoms with Crippen molar-refractivity contribution in [1.29, 1.82) is 0 Å². The molecule has 1 aromatic rings. The smallest absolute Gasteiger partial charge is 0.128 e. The Bertz CT molecular complexity index is 419. The third-order valence-electron chi connectivity index (χ3n) is 3.50. The minimum Gasteiger partial charge on any atom is -0.389 e. The van der Waals surface area contributed by atoms with E-state index in [1.54, 1.807) is 0 Å². The van der Waals surface area contributed by atoms with Crippen LogP contribution in [0, 0.1) is 0 Å². The highest BCUT2D eigenvalue weighted by Crippen LogP contribution is 2.16. The Morgan fingerprint density at radius 2 is 2.00 bits per heavy atom. The van der Waals surface area contributed by atoms with Gasteiger partial charge in [0, 0.05) is 43.4 Å². The van der Waals surface area contributed by atoms with Crippen LogP contribution in [0.15, 0.2) is 22.8 Å². The summed E-state index contributed by atoms with van der Waals surface area (Å²) in [5.41, 5.74) is 0. The van der Waals surface area contributed by atoms with Crippen molar-refractivity contribution in [2.24, 2.45) is 0 Å². The maximum atomic E-state index is 9.97. The number of β-amino-alcohol motifs (C(OH)–C–C–N with tert-alkyl or cyclic N) is 1. The molecule has 118 valence electrons. The first-order valence-electron chi connectivity index (χ1n) is 7.43. The highest BCUT2D eigenvalue weighted by molar-refractivity contribution is 9.10. The molecular weight excluding hydrogens is 334 g/mol. The summed E-state index contributed by atoms with van der Waals surface area (Å²) in [5, 5.41) is 9.97. The number of aliphatic hydroxyl groups excluding tert-OH is 1. The lowest BCUT2D eigenvalue weighted by Crippen LogP contribution is -2.49. The molecule has 0 bridgehead atoms. The van der Waals surface area contributed by atoms with Crippen LogP contribution in [0.1, 0.15) is 13.8 Å². The number of piperazine rings is 1. The Kier molecular flexibility index (Phi) is 6.41. The first-order valence-corrected chi connectivity index (χ1v) is 8.22. The van der Waals surface area contributed by atoms with Crippen molar-refractivity contribution in [3.63, 3.8) is 0 Å². The van der Waals surface area contributed by atoms with Gasteiger partial charge >= 0.3 is 0 Å². The van der Waals surface area contributed by atoms with Crippen LogP contribution >= 0.6 is 15.9 Å². The van der Waals surface area contributed by atoms with E-state index in [2.05, 4.69) is 30.7 Å². The lowest BCUT2D eigenvalue weighted by atomic mass is 10.2. The molecule has 21 heavy (non-hydrogen) atoms. The van der Waals surface area contributed by atoms with Crippen LogP contribution in [0.2, 0.25) is 0 Å². The number of hydrogen-bond acceptors (Lipinski definition) is 5. The maximum absolute atomic E-state index is 9.97. The SMILES string of the molecule is CC(C)OCC(O)CN1CCN(c2ccc(Br)cn2)CC1. The molecule has 1 aromatic heterocycles. The van der Waals surface area contributed by atoms with Crippen LogP contribution < -0.4 is 4.90 Å². The fraction of sp³-hybridized carbons (Fsp3) is 0.667. The predicted molar refractivity (Wildman–Crippen MR) is 87.7 cm³/mol. The molecule has 0 spiro atoms. The summed E-state index contributed by atoms with van der Waals surface area (Å²) in [7, 11) is 0. The van der Waals surface area contributed by atoms with Crippen LogP contribution in [0.3, 0.4) is 0 Å². The zero-order valence-electron chi connectivity index (χ0n) is 12.7. The molecule has 5 nitrogen and oxygen atoms in total. The first kappa shape index (κ1) is 16.7. The molecule has 1 N–H and O–H groups in total. The van der Waals surface area contributed by atoms with Crippen molar-refractivity contribution in [1.82, 2.24) is 9.88 Å². The lowest BCUT2D eigenvalue weighted by molar-refractivity contribution is -0.00900. The highest BCUT2D eigenvalue weighted by atomic mass is 79.9. The molecule has 1 aliphatic rings. The number of pyridine rings is 1. The number of ether oxygens (including phenoxy) is 1. The Morgan fingerprint density at radius 3 is 2.57 bits per heavy atom. The van der Waals surface area contributed by atoms with Crippen LogP contribution in [0.5, 0.6) is 0 Å². The molecule has 2 rings (SSSR count). The third-order valence-corrected chi connectivity index (χ3v) is 3.97. The van der Waals surface area contributed by atoms with Crippen molar-refractivity contribution in [2.75, 3.05) is 44.2 Å². The monoisotopic (exact) mass is 357 g/mol. The summed E-state index contributed by atoms with van der Waals surface area (Å²) in [5.74, 6) is 1.02. The van der Waals surface area contributed by atoms with E-state index in [4.69, 9.17) is 4.74 Å². The summed E-state index contributed by atoms with van der Waals surface area (Å²) < 4.78 is 6.44. The minimum absolute atomic E-state index is 0.167. The number of rotatable bonds is 6. The zero-order chi connectivity index (χ0) is 15.2. The number of hydrogen-bond donors (Lipinski definition) is 1. The molecule has 0 radical (unpaired) electrons. The summed E-state index contributed by atoms with van der Waals surface area (Å²) in [4.78, 5) is 8.99. The predicted octanol–water partition coefficient (Wildman–Crippen LogP) is 1.75. The molecule has 6 heteroatoms. The van der Waals surface area contributed by atoms with Crippen molar-refractivity contribution >= 4 is 21.7 Å². The van der Waals surface area contributed by atoms with E-state index in [1.165, 1.54) is 0 Å². The number of aromatic nitrogens is 1. The summed E-state index contributed by atoms with van der Waals surface area (Å²) in [6.07, 6.45) is 1.58. The van der Waals surface area contributed by atoms with Crippen LogP contribution in [-0.4, -0.2) is 66.5 Å². The first-order chi connectivity index (χ1) is 10.0. The fourth-order valence-corrected chi connectivity index (χ4v) is 2.60. The Labute approximate surface area is 135 Å². The third kappa shape index (κ3) is 5.54. The van der Waals surface area contributed by atoms with Crippen molar-refractivity contribution in [3.05, 3.63) is 22.8 Å². The second-order valence-corrected chi connectivity index (χ2v) is 6.57. The molecule has 0 aromatic carbocycles. The average molecular weight is 358 g/mol. The quantitative estimate of drug-likeness (QED) is 0.840. The molecule has 1 atom stereocenters. The average Bonchev–Trinajstić information content (AvgIpc) is 2.47. The molecule has 1 saturated heterocycles. The van der Waals surface area contributed by atoms with E-state index >= 15 is 0 Å². The van der Waals surface area contributed by atoms with Gasteiger partial charge in [0.15, 0.2) is 0 Å². The standard InChI is InChI=1S/C15H24BrN3O2/c1-12(2)21-11-14(20)10-18-5-7-19(8-6-18)15-4-3-13(16)9-17-15/h3-4,9,12,14,20H,5-8,10-11H2,1-2H3. The van der Waals surface area contributed by atoms with Gasteiger partial charge in [-0.05, 0) is 41.9 Å². The molecule has 2 heterocycles. The number of anilines is 1. The van der Waals surface area contributed by atoms with E-state index in [1.807, 2.05) is 32.2 Å². The topological polar surface area (TPSA) is 48.8 Å². The van der Waals surface area contributed by atoms with Gasteiger partial charge < -0.3 is 14.7 Å². The van der Waals surface area contributed by atoms with Crippen LogP contribution in [-0.2, 0) is 4.74 Å². The van der Waals surface area contributed by atoms with Crippen molar-refractivity contribution in [2.45, 2.75) is 26.1 Å². The van der Waals surface area contributed by atoms with Crippen LogP contribution in [0.25, 0.3) is 0 Å². The van der Waals surface area contributed by atoms with Crippen molar-refractivity contribution < 1.29 is 9.84 Å². The summed E-state index contributed by atoms with van der Waals surface area (Å²) in [6.45, 7) is 8.81. The molecular formula is C15H24BrN3O2. The number of aliphatic hydroxyl groups is 1. The zero-order valence-corrected chi connectivity index (χ0v) is 14.3. The van der Waals surface area contributed by atoms with Gasteiger partial charge in [-0.25, -0.2) is 4.98 Å². The van der Waals surface area contributed by atoms with Crippen LogP contribution in [0.4, 0.5) is 5.82 Å². The Balaban J connectivity index is 1.74. The van der Waals surface area contributed by atoms with Gasteiger partial charge in [0.2, 0.25) is 0 Å². The van der Waals surface area contributed by atoms with Gasteiger partial charge in [-0.3, -0.25) is 4.90 Å². The highest BCUT2D eigenvalue weighted by Gasteiger charge is 2.20. The number of nitrogens with zero attached hydrogens (tertiary/aromatic N) is 3. The molecule has 1 aliphatic heterocycles. The second kappa shape index (κ2) is 8.08. The van der Waals surface area contributed by atoms with E-state index in [9.17, 15) is 5.11 Å². The van der Waals surface area contributed by atoms with Gasteiger partial charge in [-0.2, -0.15) is 0 Å². The molecule has 1 unspecified atom stereocenters. The van der Waals surface area contributed by atoms with Gasteiger partial charge in [0.1, 0.15) is 5.82 Å². The van der Waals surface area contributed by atoms with Crippen molar-refractivity contribution in [3.8, 4) is 0 Å². The molecule has 0 aliphatic carbocycles. The lowest BCUT2D eigenvalue weighted by Gasteiger charge is -2.36. The fourth-order valence-electron chi connectivity index (χ4n) is 2.37. The van der Waals surface area contributed by atoms with Gasteiger partial charge in [0.25, 0.3) is 0 Å². The Morgan fingerprint density at radius 1 is 1.29 bits per heavy atom. The van der Waals surface area contributed by atoms with E-state index in [0.717, 1.165) is 36.5 Å².